The zero-order chi connectivity index (χ0) is 49.4. The minimum Gasteiger partial charge on any atom is -0.355 e. The van der Waals surface area contributed by atoms with E-state index in [-0.39, 0.29) is 27.1 Å². The Morgan fingerprint density at radius 1 is 0.423 bits per heavy atom. The maximum Gasteiger partial charge on any atom is 0.198 e. The van der Waals surface area contributed by atoms with Crippen molar-refractivity contribution in [3.8, 4) is 44.5 Å². The van der Waals surface area contributed by atoms with Crippen molar-refractivity contribution in [2.24, 2.45) is 0 Å². The van der Waals surface area contributed by atoms with E-state index in [0.717, 1.165) is 25.1 Å². The minimum absolute atomic E-state index is 0.0467. The average molecular weight is 925 g/mol. The van der Waals surface area contributed by atoms with Crippen molar-refractivity contribution < 1.29 is 0 Å². The SMILES string of the molecule is Cc1cc2c(cc1N1c3cc(-c4ccccc4)ccc3Bc3c(-c4c(Nc5ccc6c(c5)C(C)(C)CCC6(C)C)ccc5c4C(C)(C)c4ccccc4-5)cc(-c4ccccc4)cc31)C(C)(C)CCC2(C)C. The van der Waals surface area contributed by atoms with Crippen molar-refractivity contribution in [1.82, 2.24) is 0 Å². The number of nitrogens with one attached hydrogen (secondary N) is 1. The van der Waals surface area contributed by atoms with Crippen molar-refractivity contribution in [2.45, 2.75) is 129 Å². The summed E-state index contributed by atoms with van der Waals surface area (Å²) < 4.78 is 0. The highest BCUT2D eigenvalue weighted by atomic mass is 15.2. The molecule has 0 saturated carbocycles. The Hall–Kier alpha value is -6.58. The Bertz CT molecular complexity index is 3460. The van der Waals surface area contributed by atoms with Gasteiger partial charge in [0.15, 0.2) is 7.28 Å². The first-order chi connectivity index (χ1) is 33.8. The van der Waals surface area contributed by atoms with Gasteiger partial charge in [0.05, 0.1) is 0 Å². The molecule has 1 N–H and O–H groups in total. The minimum atomic E-state index is -0.263. The van der Waals surface area contributed by atoms with Crippen LogP contribution in [0.25, 0.3) is 44.5 Å². The third kappa shape index (κ3) is 7.27. The van der Waals surface area contributed by atoms with Gasteiger partial charge in [-0.25, -0.2) is 0 Å². The molecule has 1 aliphatic heterocycles. The van der Waals surface area contributed by atoms with Crippen LogP contribution in [0.2, 0.25) is 0 Å². The van der Waals surface area contributed by atoms with Gasteiger partial charge in [-0.2, -0.15) is 0 Å². The number of hydrogen-bond donors (Lipinski definition) is 1. The van der Waals surface area contributed by atoms with Gasteiger partial charge in [-0.15, -0.1) is 0 Å². The number of aryl methyl sites for hydroxylation is 1. The largest absolute Gasteiger partial charge is 0.355 e. The standard InChI is InChI=1S/C68H69BN2/c1-42-36-53-55(67(8,9)35-34-65(53,4)5)41-58(42)71-59-38-45(43-20-14-12-15-21-43)26-30-56(59)69-63-50(37-46(39-60(63)71)44-22-16-13-17-23-44)61-57(31-28-49-48-24-18-19-25-51(48)68(10,11)62(49)61)70-47-27-29-52-54(40-47)66(6,7)33-32-64(52,2)3/h12-31,36-41,69-70H,32-35H2,1-11H3. The normalized spacial score (nSPS) is 17.9. The molecule has 8 aromatic carbocycles. The fraction of sp³-hybridized carbons (Fsp3) is 0.294. The summed E-state index contributed by atoms with van der Waals surface area (Å²) in [5, 5.41) is 4.18. The summed E-state index contributed by atoms with van der Waals surface area (Å²) in [6, 6.07) is 60.7. The topological polar surface area (TPSA) is 15.3 Å². The summed E-state index contributed by atoms with van der Waals surface area (Å²) in [5.41, 5.74) is 29.0. The lowest BCUT2D eigenvalue weighted by Crippen LogP contribution is -2.42. The predicted molar refractivity (Wildman–Crippen MR) is 306 cm³/mol. The third-order valence-corrected chi connectivity index (χ3v) is 17.9. The molecule has 3 heteroatoms. The lowest BCUT2D eigenvalue weighted by molar-refractivity contribution is 0.332. The smallest absolute Gasteiger partial charge is 0.198 e. The first-order valence-electron chi connectivity index (χ1n) is 26.4. The van der Waals surface area contributed by atoms with E-state index in [1.165, 1.54) is 131 Å². The highest BCUT2D eigenvalue weighted by Gasteiger charge is 2.43. The molecule has 0 bridgehead atoms. The van der Waals surface area contributed by atoms with Crippen molar-refractivity contribution >= 4 is 46.6 Å². The van der Waals surface area contributed by atoms with Gasteiger partial charge in [-0.05, 0) is 180 Å². The van der Waals surface area contributed by atoms with Gasteiger partial charge in [0.1, 0.15) is 0 Å². The second kappa shape index (κ2) is 16.0. The van der Waals surface area contributed by atoms with Gasteiger partial charge >= 0.3 is 0 Å². The fourth-order valence-electron chi connectivity index (χ4n) is 13.4. The van der Waals surface area contributed by atoms with E-state index in [1.807, 2.05) is 0 Å². The van der Waals surface area contributed by atoms with E-state index in [1.54, 1.807) is 0 Å². The van der Waals surface area contributed by atoms with E-state index < -0.39 is 0 Å². The summed E-state index contributed by atoms with van der Waals surface area (Å²) in [4.78, 5) is 2.67. The van der Waals surface area contributed by atoms with Crippen LogP contribution in [0.15, 0.2) is 158 Å². The number of benzene rings is 8. The number of nitrogens with zero attached hydrogens (tertiary/aromatic N) is 1. The fourth-order valence-corrected chi connectivity index (χ4v) is 13.4. The van der Waals surface area contributed by atoms with Crippen LogP contribution in [0.4, 0.5) is 28.4 Å². The first kappa shape index (κ1) is 45.6. The van der Waals surface area contributed by atoms with E-state index in [0.29, 0.717) is 0 Å². The Labute approximate surface area is 424 Å². The summed E-state index contributed by atoms with van der Waals surface area (Å²) in [6.07, 6.45) is 4.72. The number of rotatable bonds is 6. The van der Waals surface area contributed by atoms with Crippen LogP contribution in [0.1, 0.15) is 134 Å². The number of hydrogen-bond acceptors (Lipinski definition) is 2. The second-order valence-corrected chi connectivity index (χ2v) is 24.8. The van der Waals surface area contributed by atoms with Crippen LogP contribution < -0.4 is 21.1 Å². The maximum absolute atomic E-state index is 4.18. The van der Waals surface area contributed by atoms with Crippen LogP contribution in [0.3, 0.4) is 0 Å². The molecule has 2 nitrogen and oxygen atoms in total. The van der Waals surface area contributed by atoms with E-state index in [2.05, 4.69) is 244 Å². The molecular formula is C68H69BN2. The monoisotopic (exact) mass is 925 g/mol. The third-order valence-electron chi connectivity index (χ3n) is 17.9. The van der Waals surface area contributed by atoms with Gasteiger partial charge in [0, 0.05) is 39.4 Å². The molecule has 0 aromatic heterocycles. The van der Waals surface area contributed by atoms with Gasteiger partial charge in [-0.3, -0.25) is 0 Å². The average Bonchev–Trinajstić information content (AvgIpc) is 3.59. The van der Waals surface area contributed by atoms with Crippen LogP contribution in [-0.2, 0) is 27.1 Å². The molecule has 0 radical (unpaired) electrons. The molecule has 1 heterocycles. The molecule has 0 spiro atoms. The van der Waals surface area contributed by atoms with Crippen molar-refractivity contribution in [3.63, 3.8) is 0 Å². The van der Waals surface area contributed by atoms with Crippen molar-refractivity contribution in [1.29, 1.82) is 0 Å². The summed E-state index contributed by atoms with van der Waals surface area (Å²) >= 11 is 0. The molecule has 354 valence electrons. The van der Waals surface area contributed by atoms with Crippen LogP contribution in [0, 0.1) is 6.92 Å². The molecule has 0 amide bonds. The van der Waals surface area contributed by atoms with Crippen LogP contribution in [-0.4, -0.2) is 7.28 Å². The molecule has 0 fully saturated rings. The molecule has 8 aromatic rings. The van der Waals surface area contributed by atoms with Gasteiger partial charge in [0.25, 0.3) is 0 Å². The molecule has 0 atom stereocenters. The van der Waals surface area contributed by atoms with E-state index >= 15 is 0 Å². The molecule has 0 unspecified atom stereocenters. The number of anilines is 5. The predicted octanol–water partition coefficient (Wildman–Crippen LogP) is 16.9. The Morgan fingerprint density at radius 2 is 1.00 bits per heavy atom. The van der Waals surface area contributed by atoms with Crippen molar-refractivity contribution in [2.75, 3.05) is 10.2 Å². The van der Waals surface area contributed by atoms with Crippen molar-refractivity contribution in [3.05, 3.63) is 197 Å². The molecule has 4 aliphatic rings. The van der Waals surface area contributed by atoms with Gasteiger partial charge in [0.2, 0.25) is 0 Å². The maximum atomic E-state index is 4.18. The highest BCUT2D eigenvalue weighted by molar-refractivity contribution is 6.73. The Kier molecular flexibility index (Phi) is 10.2. The quantitative estimate of drug-likeness (QED) is 0.167. The van der Waals surface area contributed by atoms with Gasteiger partial charge < -0.3 is 10.2 Å². The zero-order valence-electron chi connectivity index (χ0n) is 44.0. The van der Waals surface area contributed by atoms with Gasteiger partial charge in [-0.1, -0.05) is 190 Å². The Morgan fingerprint density at radius 3 is 1.68 bits per heavy atom. The molecule has 12 rings (SSSR count). The molecule has 0 saturated heterocycles. The van der Waals surface area contributed by atoms with Crippen LogP contribution in [0.5, 0.6) is 0 Å². The Balaban J connectivity index is 1.16. The molecule has 71 heavy (non-hydrogen) atoms. The van der Waals surface area contributed by atoms with E-state index in [4.69, 9.17) is 0 Å². The summed E-state index contributed by atoms with van der Waals surface area (Å²) in [7, 11) is 0.807. The highest BCUT2D eigenvalue weighted by Crippen LogP contribution is 2.56. The first-order valence-corrected chi connectivity index (χ1v) is 26.4. The summed E-state index contributed by atoms with van der Waals surface area (Å²) in [6.45, 7) is 26.8. The lowest BCUT2D eigenvalue weighted by atomic mass is 9.57. The van der Waals surface area contributed by atoms with Crippen LogP contribution >= 0.6 is 0 Å². The summed E-state index contributed by atoms with van der Waals surface area (Å²) in [5.74, 6) is 0. The molecular weight excluding hydrogens is 856 g/mol. The van der Waals surface area contributed by atoms with E-state index in [9.17, 15) is 0 Å². The zero-order valence-corrected chi connectivity index (χ0v) is 44.0. The number of fused-ring (bicyclic) bond motifs is 7. The second-order valence-electron chi connectivity index (χ2n) is 24.8. The lowest BCUT2D eigenvalue weighted by Gasteiger charge is -2.44. The molecule has 3 aliphatic carbocycles.